The Morgan fingerprint density at radius 2 is 2.07 bits per heavy atom. The number of aromatic nitrogens is 2. The summed E-state index contributed by atoms with van der Waals surface area (Å²) in [6.07, 6.45) is 14.0. The van der Waals surface area contributed by atoms with E-state index in [0.717, 1.165) is 47.6 Å². The van der Waals surface area contributed by atoms with E-state index in [2.05, 4.69) is 27.4 Å². The van der Waals surface area contributed by atoms with Gasteiger partial charge in [-0.25, -0.2) is 4.98 Å². The molecule has 4 bridgehead atoms. The number of aliphatic hydroxyl groups is 1. The molecule has 0 aromatic carbocycles. The normalized spacial score (nSPS) is 33.8. The molecule has 2 atom stereocenters. The molecule has 4 saturated carbocycles. The van der Waals surface area contributed by atoms with E-state index in [0.29, 0.717) is 35.8 Å². The summed E-state index contributed by atoms with van der Waals surface area (Å²) in [5.41, 5.74) is 3.30. The SMILES string of the molecule is O=C(Cc1nccs1)c1cnc2c(c1NC1C3CC4CC1CC(O)(C4)C3)C=CC2. The van der Waals surface area contributed by atoms with Crippen LogP contribution in [0.4, 0.5) is 5.69 Å². The number of thiazole rings is 1. The van der Waals surface area contributed by atoms with Crippen LogP contribution in [0.1, 0.15) is 58.7 Å². The first kappa shape index (κ1) is 17.8. The summed E-state index contributed by atoms with van der Waals surface area (Å²) < 4.78 is 0. The zero-order valence-electron chi connectivity index (χ0n) is 16.3. The van der Waals surface area contributed by atoms with Crippen LogP contribution in [0.25, 0.3) is 6.08 Å². The average Bonchev–Trinajstić information content (AvgIpc) is 3.34. The molecule has 2 unspecified atom stereocenters. The van der Waals surface area contributed by atoms with E-state index < -0.39 is 5.60 Å². The lowest BCUT2D eigenvalue weighted by Gasteiger charge is -2.58. The maximum Gasteiger partial charge on any atom is 0.173 e. The van der Waals surface area contributed by atoms with Gasteiger partial charge in [-0.1, -0.05) is 12.2 Å². The second-order valence-electron chi connectivity index (χ2n) is 9.40. The van der Waals surface area contributed by atoms with E-state index >= 15 is 0 Å². The average molecular weight is 408 g/mol. The Labute approximate surface area is 174 Å². The Kier molecular flexibility index (Phi) is 3.97. The summed E-state index contributed by atoms with van der Waals surface area (Å²) >= 11 is 1.52. The molecule has 2 heterocycles. The molecule has 0 amide bonds. The molecular weight excluding hydrogens is 382 g/mol. The van der Waals surface area contributed by atoms with Gasteiger partial charge >= 0.3 is 0 Å². The smallest absolute Gasteiger partial charge is 0.173 e. The maximum atomic E-state index is 13.2. The number of fused-ring (bicyclic) bond motifs is 1. The number of rotatable bonds is 5. The zero-order valence-corrected chi connectivity index (χ0v) is 17.1. The van der Waals surface area contributed by atoms with Gasteiger partial charge in [-0.3, -0.25) is 9.78 Å². The molecule has 2 aromatic rings. The van der Waals surface area contributed by atoms with Crippen LogP contribution in [0.5, 0.6) is 0 Å². The highest BCUT2D eigenvalue weighted by molar-refractivity contribution is 7.09. The highest BCUT2D eigenvalue weighted by Gasteiger charge is 2.54. The molecule has 29 heavy (non-hydrogen) atoms. The van der Waals surface area contributed by atoms with Gasteiger partial charge in [0.05, 0.1) is 29.0 Å². The summed E-state index contributed by atoms with van der Waals surface area (Å²) in [5.74, 6) is 1.72. The number of ketones is 1. The van der Waals surface area contributed by atoms with E-state index in [-0.39, 0.29) is 5.78 Å². The van der Waals surface area contributed by atoms with Crippen LogP contribution in [0.3, 0.4) is 0 Å². The number of Topliss-reactive ketones (excluding diaryl/α,β-unsaturated/α-hetero) is 1. The van der Waals surface area contributed by atoms with E-state index in [1.807, 2.05) is 5.38 Å². The van der Waals surface area contributed by atoms with Gasteiger partial charge in [-0.15, -0.1) is 11.3 Å². The number of pyridine rings is 1. The lowest BCUT2D eigenvalue weighted by atomic mass is 9.52. The van der Waals surface area contributed by atoms with Gasteiger partial charge in [-0.2, -0.15) is 0 Å². The van der Waals surface area contributed by atoms with Crippen molar-refractivity contribution in [3.8, 4) is 0 Å². The molecule has 2 aromatic heterocycles. The van der Waals surface area contributed by atoms with Crippen molar-refractivity contribution in [1.29, 1.82) is 0 Å². The van der Waals surface area contributed by atoms with Crippen LogP contribution in [-0.2, 0) is 12.8 Å². The van der Waals surface area contributed by atoms with Crippen LogP contribution in [0, 0.1) is 17.8 Å². The van der Waals surface area contributed by atoms with Crippen molar-refractivity contribution in [2.45, 2.75) is 56.6 Å². The van der Waals surface area contributed by atoms with Gasteiger partial charge in [0.2, 0.25) is 0 Å². The lowest BCUT2D eigenvalue weighted by molar-refractivity contribution is -0.129. The Bertz CT molecular complexity index is 984. The van der Waals surface area contributed by atoms with E-state index in [9.17, 15) is 9.90 Å². The number of nitrogens with zero attached hydrogens (tertiary/aromatic N) is 2. The van der Waals surface area contributed by atoms with Gasteiger partial charge in [0.25, 0.3) is 0 Å². The van der Waals surface area contributed by atoms with E-state index in [1.54, 1.807) is 12.4 Å². The van der Waals surface area contributed by atoms with Gasteiger partial charge in [0.15, 0.2) is 5.78 Å². The first-order valence-electron chi connectivity index (χ1n) is 10.7. The Balaban J connectivity index is 1.34. The predicted octanol–water partition coefficient (Wildman–Crippen LogP) is 3.88. The quantitative estimate of drug-likeness (QED) is 0.736. The summed E-state index contributed by atoms with van der Waals surface area (Å²) in [6.45, 7) is 0. The number of carbonyl (C=O) groups is 1. The third kappa shape index (κ3) is 2.96. The Morgan fingerprint density at radius 3 is 2.79 bits per heavy atom. The second kappa shape index (κ2) is 6.47. The monoisotopic (exact) mass is 407 g/mol. The minimum absolute atomic E-state index is 0.0699. The fourth-order valence-electron chi connectivity index (χ4n) is 6.52. The van der Waals surface area contributed by atoms with Gasteiger partial charge in [-0.05, 0) is 49.9 Å². The van der Waals surface area contributed by atoms with Crippen molar-refractivity contribution in [1.82, 2.24) is 9.97 Å². The van der Waals surface area contributed by atoms with E-state index in [4.69, 9.17) is 0 Å². The van der Waals surface area contributed by atoms with Crippen molar-refractivity contribution in [2.24, 2.45) is 17.8 Å². The van der Waals surface area contributed by atoms with Gasteiger partial charge < -0.3 is 10.4 Å². The van der Waals surface area contributed by atoms with E-state index in [1.165, 1.54) is 24.2 Å². The summed E-state index contributed by atoms with van der Waals surface area (Å²) in [7, 11) is 0. The fraction of sp³-hybridized carbons (Fsp3) is 0.522. The molecule has 0 radical (unpaired) electrons. The molecule has 2 N–H and O–H groups in total. The first-order valence-corrected chi connectivity index (χ1v) is 11.5. The van der Waals surface area contributed by atoms with Crippen molar-refractivity contribution >= 4 is 28.9 Å². The molecule has 0 aliphatic heterocycles. The van der Waals surface area contributed by atoms with Crippen molar-refractivity contribution in [2.75, 3.05) is 5.32 Å². The van der Waals surface area contributed by atoms with Crippen LogP contribution in [0.15, 0.2) is 23.8 Å². The maximum absolute atomic E-state index is 13.2. The molecule has 5 aliphatic rings. The molecule has 6 heteroatoms. The van der Waals surface area contributed by atoms with Crippen LogP contribution < -0.4 is 5.32 Å². The first-order chi connectivity index (χ1) is 14.1. The summed E-state index contributed by atoms with van der Waals surface area (Å²) in [5, 5.41) is 17.5. The molecule has 150 valence electrons. The lowest BCUT2D eigenvalue weighted by Crippen LogP contribution is -2.59. The molecular formula is C23H25N3O2S. The molecule has 0 spiro atoms. The molecule has 5 aliphatic carbocycles. The standard InChI is InChI=1S/C23H25N3O2S/c27-19(8-20-24-4-5-29-20)17-12-25-18-3-1-2-16(18)22(17)26-21-14-6-13-7-15(21)11-23(28,9-13)10-14/h1-2,4-5,12-15,21,28H,3,6-11H2,(H,25,26). The van der Waals surface area contributed by atoms with Crippen molar-refractivity contribution in [3.63, 3.8) is 0 Å². The molecule has 7 rings (SSSR count). The Morgan fingerprint density at radius 1 is 1.24 bits per heavy atom. The predicted molar refractivity (Wildman–Crippen MR) is 113 cm³/mol. The largest absolute Gasteiger partial charge is 0.390 e. The highest BCUT2D eigenvalue weighted by atomic mass is 32.1. The van der Waals surface area contributed by atoms with Crippen LogP contribution >= 0.6 is 11.3 Å². The molecule has 5 nitrogen and oxygen atoms in total. The number of hydrogen-bond donors (Lipinski definition) is 2. The van der Waals surface area contributed by atoms with Crippen LogP contribution in [0.2, 0.25) is 0 Å². The number of anilines is 1. The van der Waals surface area contributed by atoms with Crippen molar-refractivity contribution in [3.05, 3.63) is 45.7 Å². The third-order valence-corrected chi connectivity index (χ3v) is 8.22. The number of carbonyl (C=O) groups excluding carboxylic acids is 1. The van der Waals surface area contributed by atoms with Crippen LogP contribution in [-0.4, -0.2) is 32.5 Å². The number of nitrogens with one attached hydrogen (secondary N) is 1. The fourth-order valence-corrected chi connectivity index (χ4v) is 7.13. The third-order valence-electron chi connectivity index (χ3n) is 7.44. The molecule has 0 saturated heterocycles. The number of allylic oxidation sites excluding steroid dienone is 1. The summed E-state index contributed by atoms with van der Waals surface area (Å²) in [4.78, 5) is 22.0. The van der Waals surface area contributed by atoms with Crippen molar-refractivity contribution < 1.29 is 9.90 Å². The minimum Gasteiger partial charge on any atom is -0.390 e. The van der Waals surface area contributed by atoms with Gasteiger partial charge in [0.1, 0.15) is 5.01 Å². The number of hydrogen-bond acceptors (Lipinski definition) is 6. The zero-order chi connectivity index (χ0) is 19.6. The highest BCUT2D eigenvalue weighted by Crippen LogP contribution is 2.56. The van der Waals surface area contributed by atoms with Gasteiger partial charge in [0, 0.05) is 35.8 Å². The Hall–Kier alpha value is -2.05. The topological polar surface area (TPSA) is 75.1 Å². The minimum atomic E-state index is -0.446. The summed E-state index contributed by atoms with van der Waals surface area (Å²) in [6, 6.07) is 0.332. The molecule has 4 fully saturated rings. The second-order valence-corrected chi connectivity index (χ2v) is 10.4.